The molecule has 0 N–H and O–H groups in total. The molecule has 2 fully saturated rings. The average Bonchev–Trinajstić information content (AvgIpc) is 3.11. The van der Waals surface area contributed by atoms with Gasteiger partial charge < -0.3 is 9.64 Å². The fourth-order valence-electron chi connectivity index (χ4n) is 3.84. The third kappa shape index (κ3) is 6.00. The van der Waals surface area contributed by atoms with Crippen molar-refractivity contribution in [2.45, 2.75) is 25.9 Å². The summed E-state index contributed by atoms with van der Waals surface area (Å²) in [6, 6.07) is 8.98. The van der Waals surface area contributed by atoms with Gasteiger partial charge in [-0.15, -0.1) is 0 Å². The van der Waals surface area contributed by atoms with Crippen LogP contribution in [-0.4, -0.2) is 51.4 Å². The van der Waals surface area contributed by atoms with Gasteiger partial charge in [0.15, 0.2) is 5.75 Å². The second-order valence-corrected chi connectivity index (χ2v) is 10.0. The molecule has 0 spiro atoms. The van der Waals surface area contributed by atoms with Crippen LogP contribution in [0.4, 0.5) is 10.5 Å². The SMILES string of the molecule is O=C(CN1C(=O)S/C(=C\c2cc(Cl)c(OCc3ccc([N+](=O)[O-])cc3)c(Cl)c2)C1=O)N1CCCCC1. The van der Waals surface area contributed by atoms with Crippen LogP contribution in [0.25, 0.3) is 6.08 Å². The Hall–Kier alpha value is -3.08. The minimum atomic E-state index is -0.541. The summed E-state index contributed by atoms with van der Waals surface area (Å²) in [5, 5.41) is 10.7. The number of piperidine rings is 1. The number of halogens is 2. The first-order chi connectivity index (χ1) is 17.2. The number of nitro groups is 1. The molecule has 3 amide bonds. The Balaban J connectivity index is 1.43. The summed E-state index contributed by atoms with van der Waals surface area (Å²) in [7, 11) is 0. The standard InChI is InChI=1S/C24H21Cl2N3O6S/c25-18-10-16(11-19(26)22(18)35-14-15-4-6-17(7-5-15)29(33)34)12-20-23(31)28(24(32)36-20)13-21(30)27-8-2-1-3-9-27/h4-7,10-12H,1-3,8-9,13-14H2/b20-12-. The third-order valence-corrected chi connectivity index (χ3v) is 7.19. The minimum absolute atomic E-state index is 0.0283. The Morgan fingerprint density at radius 1 is 1.08 bits per heavy atom. The van der Waals surface area contributed by atoms with Gasteiger partial charge in [-0.3, -0.25) is 29.4 Å². The van der Waals surface area contributed by atoms with Gasteiger partial charge in [-0.1, -0.05) is 23.2 Å². The molecule has 0 bridgehead atoms. The zero-order chi connectivity index (χ0) is 25.8. The molecular weight excluding hydrogens is 529 g/mol. The predicted octanol–water partition coefficient (Wildman–Crippen LogP) is 5.53. The first-order valence-corrected chi connectivity index (χ1v) is 12.7. The van der Waals surface area contributed by atoms with Gasteiger partial charge in [0.05, 0.1) is 19.9 Å². The van der Waals surface area contributed by atoms with E-state index >= 15 is 0 Å². The number of benzene rings is 2. The van der Waals surface area contributed by atoms with Gasteiger partial charge in [0.25, 0.3) is 16.8 Å². The number of hydrogen-bond acceptors (Lipinski definition) is 7. The van der Waals surface area contributed by atoms with Gasteiger partial charge in [-0.2, -0.15) is 0 Å². The number of ether oxygens (including phenoxy) is 1. The number of thioether (sulfide) groups is 1. The van der Waals surface area contributed by atoms with Gasteiger partial charge in [0.2, 0.25) is 5.91 Å². The van der Waals surface area contributed by atoms with E-state index in [4.69, 9.17) is 27.9 Å². The van der Waals surface area contributed by atoms with Crippen LogP contribution in [0.15, 0.2) is 41.3 Å². The monoisotopic (exact) mass is 549 g/mol. The maximum Gasteiger partial charge on any atom is 0.294 e. The number of carbonyl (C=O) groups excluding carboxylic acids is 3. The summed E-state index contributed by atoms with van der Waals surface area (Å²) in [6.45, 7) is 1.08. The molecule has 12 heteroatoms. The highest BCUT2D eigenvalue weighted by molar-refractivity contribution is 8.18. The fraction of sp³-hybridized carbons (Fsp3) is 0.292. The Kier molecular flexibility index (Phi) is 8.17. The molecule has 0 radical (unpaired) electrons. The van der Waals surface area contributed by atoms with Crippen LogP contribution in [0.5, 0.6) is 5.75 Å². The summed E-state index contributed by atoms with van der Waals surface area (Å²) < 4.78 is 5.70. The van der Waals surface area contributed by atoms with E-state index in [1.54, 1.807) is 29.2 Å². The maximum atomic E-state index is 12.8. The van der Waals surface area contributed by atoms with Gasteiger partial charge in [-0.25, -0.2) is 0 Å². The van der Waals surface area contributed by atoms with E-state index in [2.05, 4.69) is 0 Å². The van der Waals surface area contributed by atoms with E-state index in [9.17, 15) is 24.5 Å². The zero-order valence-corrected chi connectivity index (χ0v) is 21.3. The van der Waals surface area contributed by atoms with Gasteiger partial charge >= 0.3 is 0 Å². The number of nitro benzene ring substituents is 1. The molecule has 0 aromatic heterocycles. The number of non-ortho nitro benzene ring substituents is 1. The molecule has 2 heterocycles. The average molecular weight is 550 g/mol. The number of rotatable bonds is 7. The fourth-order valence-corrected chi connectivity index (χ4v) is 5.29. The van der Waals surface area contributed by atoms with Crippen molar-refractivity contribution in [3.8, 4) is 5.75 Å². The topological polar surface area (TPSA) is 110 Å². The highest BCUT2D eigenvalue weighted by Gasteiger charge is 2.37. The van der Waals surface area contributed by atoms with E-state index in [1.807, 2.05) is 0 Å². The molecule has 2 aliphatic rings. The van der Waals surface area contributed by atoms with Crippen LogP contribution in [0.3, 0.4) is 0 Å². The Morgan fingerprint density at radius 3 is 2.33 bits per heavy atom. The van der Waals surface area contributed by atoms with E-state index in [0.717, 1.165) is 35.9 Å². The summed E-state index contributed by atoms with van der Waals surface area (Å²) in [4.78, 5) is 50.8. The maximum absolute atomic E-state index is 12.8. The van der Waals surface area contributed by atoms with E-state index in [0.29, 0.717) is 24.2 Å². The van der Waals surface area contributed by atoms with Crippen molar-refractivity contribution in [1.29, 1.82) is 0 Å². The number of nitrogens with zero attached hydrogens (tertiary/aromatic N) is 3. The quantitative estimate of drug-likeness (QED) is 0.253. The first kappa shape index (κ1) is 26.0. The third-order valence-electron chi connectivity index (χ3n) is 5.72. The van der Waals surface area contributed by atoms with Crippen LogP contribution >= 0.6 is 35.0 Å². The summed E-state index contributed by atoms with van der Waals surface area (Å²) in [5.74, 6) is -0.561. The largest absolute Gasteiger partial charge is 0.486 e. The number of likely N-dealkylation sites (tertiary alicyclic amines) is 1. The number of amides is 3. The lowest BCUT2D eigenvalue weighted by Gasteiger charge is -2.27. The van der Waals surface area contributed by atoms with Gasteiger partial charge in [0.1, 0.15) is 13.2 Å². The molecule has 0 saturated carbocycles. The van der Waals surface area contributed by atoms with E-state index in [1.165, 1.54) is 18.2 Å². The van der Waals surface area contributed by atoms with Crippen molar-refractivity contribution in [2.24, 2.45) is 0 Å². The summed E-state index contributed by atoms with van der Waals surface area (Å²) in [5.41, 5.74) is 1.14. The molecule has 0 atom stereocenters. The lowest BCUT2D eigenvalue weighted by atomic mass is 10.1. The molecule has 0 aliphatic carbocycles. The van der Waals surface area contributed by atoms with Crippen molar-refractivity contribution in [3.05, 3.63) is 72.6 Å². The number of carbonyl (C=O) groups is 3. The molecule has 2 aliphatic heterocycles. The second-order valence-electron chi connectivity index (χ2n) is 8.24. The van der Waals surface area contributed by atoms with E-state index < -0.39 is 16.1 Å². The molecular formula is C24H21Cl2N3O6S. The summed E-state index contributed by atoms with van der Waals surface area (Å²) >= 11 is 13.5. The van der Waals surface area contributed by atoms with Crippen LogP contribution in [-0.2, 0) is 16.2 Å². The van der Waals surface area contributed by atoms with Gasteiger partial charge in [0, 0.05) is 25.2 Å². The van der Waals surface area contributed by atoms with Crippen molar-refractivity contribution >= 4 is 63.8 Å². The number of imide groups is 1. The Labute approximate surface area is 221 Å². The molecule has 2 aromatic rings. The highest BCUT2D eigenvalue weighted by atomic mass is 35.5. The van der Waals surface area contributed by atoms with Crippen molar-refractivity contribution < 1.29 is 24.0 Å². The van der Waals surface area contributed by atoms with Crippen LogP contribution in [0.2, 0.25) is 10.0 Å². The van der Waals surface area contributed by atoms with Gasteiger partial charge in [-0.05, 0) is 72.5 Å². The smallest absolute Gasteiger partial charge is 0.294 e. The molecule has 0 unspecified atom stereocenters. The van der Waals surface area contributed by atoms with Crippen LogP contribution in [0, 0.1) is 10.1 Å². The van der Waals surface area contributed by atoms with Crippen LogP contribution in [0.1, 0.15) is 30.4 Å². The predicted molar refractivity (Wildman–Crippen MR) is 137 cm³/mol. The summed E-state index contributed by atoms with van der Waals surface area (Å²) in [6.07, 6.45) is 4.40. The molecule has 9 nitrogen and oxygen atoms in total. The van der Waals surface area contributed by atoms with Crippen molar-refractivity contribution in [1.82, 2.24) is 9.80 Å². The Bertz CT molecular complexity index is 1220. The lowest BCUT2D eigenvalue weighted by molar-refractivity contribution is -0.384. The van der Waals surface area contributed by atoms with Crippen molar-refractivity contribution in [3.63, 3.8) is 0 Å². The zero-order valence-electron chi connectivity index (χ0n) is 18.9. The highest BCUT2D eigenvalue weighted by Crippen LogP contribution is 2.38. The molecule has 4 rings (SSSR count). The molecule has 188 valence electrons. The van der Waals surface area contributed by atoms with Crippen LogP contribution < -0.4 is 4.74 Å². The molecule has 36 heavy (non-hydrogen) atoms. The van der Waals surface area contributed by atoms with Crippen molar-refractivity contribution in [2.75, 3.05) is 19.6 Å². The normalized spacial score (nSPS) is 17.1. The first-order valence-electron chi connectivity index (χ1n) is 11.1. The number of hydrogen-bond donors (Lipinski definition) is 0. The Morgan fingerprint density at radius 2 is 1.72 bits per heavy atom. The molecule has 2 aromatic carbocycles. The lowest BCUT2D eigenvalue weighted by Crippen LogP contribution is -2.44. The second kappa shape index (κ2) is 11.3. The van der Waals surface area contributed by atoms with E-state index in [-0.39, 0.29) is 45.4 Å². The molecule has 2 saturated heterocycles. The minimum Gasteiger partial charge on any atom is -0.486 e.